The molecule has 3 nitrogen and oxygen atoms in total. The van der Waals surface area contributed by atoms with Crippen LogP contribution in [0.15, 0.2) is 16.9 Å². The Morgan fingerprint density at radius 3 is 2.47 bits per heavy atom. The summed E-state index contributed by atoms with van der Waals surface area (Å²) in [7, 11) is 0. The third-order valence-electron chi connectivity index (χ3n) is 2.53. The van der Waals surface area contributed by atoms with Gasteiger partial charge in [-0.3, -0.25) is 4.79 Å². The fourth-order valence-corrected chi connectivity index (χ4v) is 1.66. The largest absolute Gasteiger partial charge is 0.322 e. The van der Waals surface area contributed by atoms with Crippen molar-refractivity contribution in [2.75, 3.05) is 0 Å². The summed E-state index contributed by atoms with van der Waals surface area (Å²) in [5, 5.41) is 0. The zero-order valence-electron chi connectivity index (χ0n) is 10.0. The second kappa shape index (κ2) is 4.19. The summed E-state index contributed by atoms with van der Waals surface area (Å²) >= 11 is 0. The van der Waals surface area contributed by atoms with Gasteiger partial charge in [0.1, 0.15) is 0 Å². The molecule has 0 aliphatic carbocycles. The van der Waals surface area contributed by atoms with Crippen molar-refractivity contribution < 1.29 is 0 Å². The molecule has 0 bridgehead atoms. The van der Waals surface area contributed by atoms with E-state index in [1.54, 1.807) is 4.57 Å². The second-order valence-corrected chi connectivity index (χ2v) is 4.57. The minimum absolute atomic E-state index is 0.0457. The van der Waals surface area contributed by atoms with E-state index in [4.69, 9.17) is 5.73 Å². The Balaban J connectivity index is 3.36. The molecule has 0 aromatic carbocycles. The van der Waals surface area contributed by atoms with E-state index >= 15 is 0 Å². The SMILES string of the molecule is CCCn1c(C)ccc(C(C)(C)N)c1=O. The van der Waals surface area contributed by atoms with Gasteiger partial charge >= 0.3 is 0 Å². The molecule has 1 rings (SSSR count). The monoisotopic (exact) mass is 208 g/mol. The van der Waals surface area contributed by atoms with Gasteiger partial charge in [0.2, 0.25) is 0 Å². The van der Waals surface area contributed by atoms with E-state index in [2.05, 4.69) is 6.92 Å². The predicted octanol–water partition coefficient (Wildman–Crippen LogP) is 1.76. The molecule has 1 heterocycles. The maximum atomic E-state index is 12.1. The highest BCUT2D eigenvalue weighted by atomic mass is 16.1. The molecule has 15 heavy (non-hydrogen) atoms. The van der Waals surface area contributed by atoms with E-state index in [-0.39, 0.29) is 5.56 Å². The van der Waals surface area contributed by atoms with Crippen molar-refractivity contribution >= 4 is 0 Å². The molecular weight excluding hydrogens is 188 g/mol. The van der Waals surface area contributed by atoms with Crippen molar-refractivity contribution in [3.63, 3.8) is 0 Å². The zero-order valence-corrected chi connectivity index (χ0v) is 10.0. The normalized spacial score (nSPS) is 11.8. The summed E-state index contributed by atoms with van der Waals surface area (Å²) in [6.07, 6.45) is 0.954. The molecule has 0 aliphatic heterocycles. The van der Waals surface area contributed by atoms with Crippen LogP contribution >= 0.6 is 0 Å². The maximum Gasteiger partial charge on any atom is 0.255 e. The molecule has 0 amide bonds. The van der Waals surface area contributed by atoms with Crippen LogP contribution in [-0.2, 0) is 12.1 Å². The molecule has 0 fully saturated rings. The van der Waals surface area contributed by atoms with Crippen LogP contribution in [0.3, 0.4) is 0 Å². The van der Waals surface area contributed by atoms with Crippen LogP contribution in [0.5, 0.6) is 0 Å². The van der Waals surface area contributed by atoms with Gasteiger partial charge in [0, 0.05) is 23.3 Å². The van der Waals surface area contributed by atoms with Crippen LogP contribution in [0.4, 0.5) is 0 Å². The number of aryl methyl sites for hydroxylation is 1. The van der Waals surface area contributed by atoms with E-state index in [0.717, 1.165) is 18.7 Å². The summed E-state index contributed by atoms with van der Waals surface area (Å²) in [5.41, 5.74) is 7.11. The quantitative estimate of drug-likeness (QED) is 0.822. The Morgan fingerprint density at radius 1 is 1.40 bits per heavy atom. The van der Waals surface area contributed by atoms with Crippen molar-refractivity contribution in [1.29, 1.82) is 0 Å². The molecule has 0 radical (unpaired) electrons. The van der Waals surface area contributed by atoms with E-state index in [1.165, 1.54) is 0 Å². The van der Waals surface area contributed by atoms with Gasteiger partial charge in [-0.25, -0.2) is 0 Å². The van der Waals surface area contributed by atoms with Gasteiger partial charge in [-0.1, -0.05) is 6.92 Å². The average Bonchev–Trinajstić information content (AvgIpc) is 2.09. The lowest BCUT2D eigenvalue weighted by Gasteiger charge is -2.20. The smallest absolute Gasteiger partial charge is 0.255 e. The first kappa shape index (κ1) is 12.0. The van der Waals surface area contributed by atoms with Crippen molar-refractivity contribution in [3.8, 4) is 0 Å². The number of rotatable bonds is 3. The summed E-state index contributed by atoms with van der Waals surface area (Å²) in [6.45, 7) is 8.48. The van der Waals surface area contributed by atoms with Crippen LogP contribution in [-0.4, -0.2) is 4.57 Å². The van der Waals surface area contributed by atoms with Crippen LogP contribution in [0.1, 0.15) is 38.4 Å². The predicted molar refractivity (Wildman–Crippen MR) is 62.9 cm³/mol. The Morgan fingerprint density at radius 2 is 2.00 bits per heavy atom. The highest BCUT2D eigenvalue weighted by molar-refractivity contribution is 5.21. The second-order valence-electron chi connectivity index (χ2n) is 4.57. The van der Waals surface area contributed by atoms with Gasteiger partial charge in [-0.05, 0) is 39.3 Å². The summed E-state index contributed by atoms with van der Waals surface area (Å²) < 4.78 is 1.80. The van der Waals surface area contributed by atoms with Crippen LogP contribution in [0, 0.1) is 6.92 Å². The Labute approximate surface area is 90.9 Å². The summed E-state index contributed by atoms with van der Waals surface area (Å²) in [5.74, 6) is 0. The molecule has 0 aliphatic rings. The van der Waals surface area contributed by atoms with Gasteiger partial charge in [0.05, 0.1) is 0 Å². The third-order valence-corrected chi connectivity index (χ3v) is 2.53. The average molecular weight is 208 g/mol. The number of hydrogen-bond donors (Lipinski definition) is 1. The minimum atomic E-state index is -0.569. The van der Waals surface area contributed by atoms with Gasteiger partial charge in [-0.15, -0.1) is 0 Å². The first-order valence-corrected chi connectivity index (χ1v) is 5.37. The number of pyridine rings is 1. The number of nitrogens with two attached hydrogens (primary N) is 1. The lowest BCUT2D eigenvalue weighted by molar-refractivity contribution is 0.527. The zero-order chi connectivity index (χ0) is 11.6. The Hall–Kier alpha value is -1.09. The molecule has 0 saturated heterocycles. The van der Waals surface area contributed by atoms with Crippen LogP contribution in [0.25, 0.3) is 0 Å². The number of hydrogen-bond acceptors (Lipinski definition) is 2. The lowest BCUT2D eigenvalue weighted by atomic mass is 9.97. The van der Waals surface area contributed by atoms with Crippen molar-refractivity contribution in [2.24, 2.45) is 5.73 Å². The molecular formula is C12H20N2O. The molecule has 84 valence electrons. The molecule has 3 heteroatoms. The molecule has 0 atom stereocenters. The van der Waals surface area contributed by atoms with Gasteiger partial charge in [0.25, 0.3) is 5.56 Å². The first-order chi connectivity index (χ1) is 6.88. The molecule has 0 saturated carbocycles. The maximum absolute atomic E-state index is 12.1. The minimum Gasteiger partial charge on any atom is -0.322 e. The van der Waals surface area contributed by atoms with Crippen LogP contribution in [0.2, 0.25) is 0 Å². The molecule has 1 aromatic heterocycles. The van der Waals surface area contributed by atoms with E-state index < -0.39 is 5.54 Å². The number of aromatic nitrogens is 1. The standard InChI is InChI=1S/C12H20N2O/c1-5-8-14-9(2)6-7-10(11(14)15)12(3,4)13/h6-7H,5,8,13H2,1-4H3. The van der Waals surface area contributed by atoms with E-state index in [9.17, 15) is 4.79 Å². The van der Waals surface area contributed by atoms with Crippen LogP contribution < -0.4 is 11.3 Å². The Kier molecular flexibility index (Phi) is 3.35. The van der Waals surface area contributed by atoms with Crippen molar-refractivity contribution in [1.82, 2.24) is 4.57 Å². The fraction of sp³-hybridized carbons (Fsp3) is 0.583. The molecule has 0 spiro atoms. The Bertz CT molecular complexity index is 399. The van der Waals surface area contributed by atoms with E-state index in [0.29, 0.717) is 5.56 Å². The molecule has 1 aromatic rings. The lowest BCUT2D eigenvalue weighted by Crippen LogP contribution is -2.38. The summed E-state index contributed by atoms with van der Waals surface area (Å²) in [6, 6.07) is 3.80. The van der Waals surface area contributed by atoms with Gasteiger partial charge in [-0.2, -0.15) is 0 Å². The highest BCUT2D eigenvalue weighted by Gasteiger charge is 2.19. The number of nitrogens with zero attached hydrogens (tertiary/aromatic N) is 1. The first-order valence-electron chi connectivity index (χ1n) is 5.37. The van der Waals surface area contributed by atoms with Gasteiger partial charge in [0.15, 0.2) is 0 Å². The topological polar surface area (TPSA) is 48.0 Å². The van der Waals surface area contributed by atoms with Gasteiger partial charge < -0.3 is 10.3 Å². The third kappa shape index (κ3) is 2.48. The van der Waals surface area contributed by atoms with Crippen molar-refractivity contribution in [2.45, 2.75) is 46.2 Å². The van der Waals surface area contributed by atoms with E-state index in [1.807, 2.05) is 32.9 Å². The molecule has 0 unspecified atom stereocenters. The van der Waals surface area contributed by atoms with Crippen molar-refractivity contribution in [3.05, 3.63) is 33.7 Å². The fourth-order valence-electron chi connectivity index (χ4n) is 1.66. The molecule has 2 N–H and O–H groups in total. The highest BCUT2D eigenvalue weighted by Crippen LogP contribution is 2.13. The summed E-state index contributed by atoms with van der Waals surface area (Å²) in [4.78, 5) is 12.1.